The summed E-state index contributed by atoms with van der Waals surface area (Å²) < 4.78 is 1.88. The second-order valence-corrected chi connectivity index (χ2v) is 4.84. The minimum absolute atomic E-state index is 0.0351. The third kappa shape index (κ3) is 1.59. The van der Waals surface area contributed by atoms with E-state index in [2.05, 4.69) is 15.5 Å². The molecule has 1 saturated heterocycles. The minimum atomic E-state index is -0.0351. The molecular formula is C11H18N4O. The number of aromatic nitrogens is 3. The molecule has 2 fully saturated rings. The molecule has 2 aliphatic rings. The van der Waals surface area contributed by atoms with Crippen LogP contribution in [0.2, 0.25) is 0 Å². The predicted octanol–water partition coefficient (Wildman–Crippen LogP) is 1.11. The lowest BCUT2D eigenvalue weighted by Crippen LogP contribution is -2.34. The van der Waals surface area contributed by atoms with Crippen molar-refractivity contribution in [1.82, 2.24) is 20.1 Å². The fourth-order valence-electron chi connectivity index (χ4n) is 2.63. The van der Waals surface area contributed by atoms with E-state index in [9.17, 15) is 4.79 Å². The smallest absolute Gasteiger partial charge is 0.307 e. The predicted molar refractivity (Wildman–Crippen MR) is 60.3 cm³/mol. The van der Waals surface area contributed by atoms with Gasteiger partial charge in [0.15, 0.2) is 5.82 Å². The summed E-state index contributed by atoms with van der Waals surface area (Å²) in [6.07, 6.45) is 7.03. The Morgan fingerprint density at radius 1 is 1.19 bits per heavy atom. The quantitative estimate of drug-likeness (QED) is 0.788. The van der Waals surface area contributed by atoms with E-state index in [0.29, 0.717) is 6.04 Å². The van der Waals surface area contributed by atoms with Gasteiger partial charge in [-0.2, -0.15) is 5.10 Å². The molecule has 5 nitrogen and oxygen atoms in total. The van der Waals surface area contributed by atoms with Crippen molar-refractivity contribution < 1.29 is 0 Å². The Hall–Kier alpha value is -1.10. The number of hydrogen-bond acceptors (Lipinski definition) is 3. The first-order valence-corrected chi connectivity index (χ1v) is 6.26. The summed E-state index contributed by atoms with van der Waals surface area (Å²) >= 11 is 0. The van der Waals surface area contributed by atoms with Gasteiger partial charge in [0, 0.05) is 6.04 Å². The molecule has 1 aliphatic heterocycles. The molecular weight excluding hydrogens is 204 g/mol. The largest absolute Gasteiger partial charge is 0.343 e. The van der Waals surface area contributed by atoms with Crippen LogP contribution in [0.4, 0.5) is 0 Å². The van der Waals surface area contributed by atoms with Gasteiger partial charge >= 0.3 is 5.69 Å². The van der Waals surface area contributed by atoms with Gasteiger partial charge in [-0.25, -0.2) is 9.89 Å². The number of rotatable bonds is 2. The molecule has 16 heavy (non-hydrogen) atoms. The van der Waals surface area contributed by atoms with Gasteiger partial charge in [-0.1, -0.05) is 6.42 Å². The van der Waals surface area contributed by atoms with Crippen molar-refractivity contribution in [2.45, 2.75) is 50.6 Å². The molecule has 1 aromatic rings. The van der Waals surface area contributed by atoms with E-state index >= 15 is 0 Å². The summed E-state index contributed by atoms with van der Waals surface area (Å²) in [4.78, 5) is 11.7. The zero-order valence-electron chi connectivity index (χ0n) is 9.41. The van der Waals surface area contributed by atoms with E-state index in [4.69, 9.17) is 0 Å². The second kappa shape index (κ2) is 4.05. The average Bonchev–Trinajstić information content (AvgIpc) is 2.60. The highest BCUT2D eigenvalue weighted by Gasteiger charge is 2.28. The number of piperidine rings is 1. The van der Waals surface area contributed by atoms with Gasteiger partial charge in [-0.05, 0) is 38.6 Å². The van der Waals surface area contributed by atoms with Crippen molar-refractivity contribution in [2.24, 2.45) is 0 Å². The van der Waals surface area contributed by atoms with Crippen LogP contribution in [0.15, 0.2) is 4.79 Å². The molecule has 1 atom stereocenters. The SMILES string of the molecule is O=c1[nH]nc(C2CCCCN2)n1C1CCC1. The zero-order valence-corrected chi connectivity index (χ0v) is 9.41. The zero-order chi connectivity index (χ0) is 11.0. The molecule has 2 N–H and O–H groups in total. The van der Waals surface area contributed by atoms with Gasteiger partial charge in [0.2, 0.25) is 0 Å². The highest BCUT2D eigenvalue weighted by Crippen LogP contribution is 2.33. The maximum Gasteiger partial charge on any atom is 0.343 e. The number of hydrogen-bond donors (Lipinski definition) is 2. The van der Waals surface area contributed by atoms with E-state index in [1.54, 1.807) is 0 Å². The molecule has 0 bridgehead atoms. The molecule has 2 heterocycles. The highest BCUT2D eigenvalue weighted by atomic mass is 16.1. The van der Waals surface area contributed by atoms with Crippen molar-refractivity contribution in [3.63, 3.8) is 0 Å². The normalized spacial score (nSPS) is 26.6. The second-order valence-electron chi connectivity index (χ2n) is 4.84. The van der Waals surface area contributed by atoms with E-state index in [-0.39, 0.29) is 11.7 Å². The first kappa shape index (κ1) is 10.1. The fourth-order valence-corrected chi connectivity index (χ4v) is 2.63. The molecule has 3 rings (SSSR count). The Bertz CT molecular complexity index is 412. The molecule has 0 radical (unpaired) electrons. The molecule has 0 aromatic carbocycles. The van der Waals surface area contributed by atoms with Crippen molar-refractivity contribution in [3.05, 3.63) is 16.3 Å². The summed E-state index contributed by atoms with van der Waals surface area (Å²) in [7, 11) is 0. The van der Waals surface area contributed by atoms with Crippen LogP contribution in [0, 0.1) is 0 Å². The van der Waals surface area contributed by atoms with E-state index < -0.39 is 0 Å². The number of aromatic amines is 1. The summed E-state index contributed by atoms with van der Waals surface area (Å²) in [6.45, 7) is 1.04. The minimum Gasteiger partial charge on any atom is -0.307 e. The lowest BCUT2D eigenvalue weighted by molar-refractivity contribution is 0.282. The maximum atomic E-state index is 11.7. The number of H-pyrrole nitrogens is 1. The van der Waals surface area contributed by atoms with Crippen LogP contribution in [-0.2, 0) is 0 Å². The van der Waals surface area contributed by atoms with E-state index in [1.807, 2.05) is 4.57 Å². The molecule has 1 unspecified atom stereocenters. The summed E-state index contributed by atoms with van der Waals surface area (Å²) in [5, 5.41) is 10.3. The van der Waals surface area contributed by atoms with Crippen LogP contribution >= 0.6 is 0 Å². The molecule has 0 spiro atoms. The van der Waals surface area contributed by atoms with Crippen LogP contribution in [0.25, 0.3) is 0 Å². The maximum absolute atomic E-state index is 11.7. The Kier molecular flexibility index (Phi) is 2.55. The average molecular weight is 222 g/mol. The molecule has 1 saturated carbocycles. The lowest BCUT2D eigenvalue weighted by Gasteiger charge is -2.30. The van der Waals surface area contributed by atoms with Gasteiger partial charge in [-0.3, -0.25) is 4.57 Å². The van der Waals surface area contributed by atoms with E-state index in [0.717, 1.165) is 31.6 Å². The molecule has 1 aliphatic carbocycles. The first-order valence-electron chi connectivity index (χ1n) is 6.26. The summed E-state index contributed by atoms with van der Waals surface area (Å²) in [5.41, 5.74) is -0.0351. The monoisotopic (exact) mass is 222 g/mol. The summed E-state index contributed by atoms with van der Waals surface area (Å²) in [5.74, 6) is 0.925. The number of nitrogens with one attached hydrogen (secondary N) is 2. The number of nitrogens with zero attached hydrogens (tertiary/aromatic N) is 2. The Balaban J connectivity index is 1.90. The molecule has 88 valence electrons. The van der Waals surface area contributed by atoms with Crippen LogP contribution < -0.4 is 11.0 Å². The Labute approximate surface area is 94.2 Å². The van der Waals surface area contributed by atoms with Gasteiger partial charge in [0.25, 0.3) is 0 Å². The molecule has 5 heteroatoms. The first-order chi connectivity index (χ1) is 7.86. The standard InChI is InChI=1S/C11H18N4O/c16-11-14-13-10(9-6-1-2-7-12-9)15(11)8-4-3-5-8/h8-9,12H,1-7H2,(H,14,16). The highest BCUT2D eigenvalue weighted by molar-refractivity contribution is 5.00. The van der Waals surface area contributed by atoms with E-state index in [1.165, 1.54) is 19.3 Å². The van der Waals surface area contributed by atoms with Crippen LogP contribution in [-0.4, -0.2) is 21.3 Å². The van der Waals surface area contributed by atoms with Crippen LogP contribution in [0.5, 0.6) is 0 Å². The Morgan fingerprint density at radius 3 is 2.69 bits per heavy atom. The summed E-state index contributed by atoms with van der Waals surface area (Å²) in [6, 6.07) is 0.665. The van der Waals surface area contributed by atoms with Crippen molar-refractivity contribution in [2.75, 3.05) is 6.54 Å². The Morgan fingerprint density at radius 2 is 2.06 bits per heavy atom. The van der Waals surface area contributed by atoms with Crippen LogP contribution in [0.1, 0.15) is 56.4 Å². The van der Waals surface area contributed by atoms with Crippen molar-refractivity contribution in [1.29, 1.82) is 0 Å². The van der Waals surface area contributed by atoms with Crippen molar-refractivity contribution >= 4 is 0 Å². The van der Waals surface area contributed by atoms with Crippen molar-refractivity contribution in [3.8, 4) is 0 Å². The third-order valence-electron chi connectivity index (χ3n) is 3.79. The van der Waals surface area contributed by atoms with Crippen LogP contribution in [0.3, 0.4) is 0 Å². The van der Waals surface area contributed by atoms with Gasteiger partial charge in [0.1, 0.15) is 0 Å². The topological polar surface area (TPSA) is 62.7 Å². The van der Waals surface area contributed by atoms with Gasteiger partial charge in [0.05, 0.1) is 6.04 Å². The van der Waals surface area contributed by atoms with Gasteiger partial charge in [-0.15, -0.1) is 0 Å². The lowest BCUT2D eigenvalue weighted by atomic mass is 9.92. The molecule has 1 aromatic heterocycles. The molecule has 0 amide bonds. The third-order valence-corrected chi connectivity index (χ3v) is 3.79. The van der Waals surface area contributed by atoms with Gasteiger partial charge < -0.3 is 5.32 Å². The fraction of sp³-hybridized carbons (Fsp3) is 0.818.